The Kier molecular flexibility index (Phi) is 17.4. The van der Waals surface area contributed by atoms with Crippen molar-refractivity contribution in [3.63, 3.8) is 0 Å². The molecule has 14 N–H and O–H groups in total. The molecule has 0 saturated carbocycles. The Bertz CT molecular complexity index is 1520. The molecule has 0 aromatic rings. The first kappa shape index (κ1) is 45.3. The van der Waals surface area contributed by atoms with Crippen LogP contribution in [0.2, 0.25) is 0 Å². The molecule has 2 aliphatic heterocycles. The van der Waals surface area contributed by atoms with Gasteiger partial charge >= 0.3 is 5.97 Å². The average molecular weight is 782 g/mol. The number of primary amides is 3. The molecule has 7 atom stereocenters. The van der Waals surface area contributed by atoms with Gasteiger partial charge in [0.05, 0.1) is 38.4 Å². The highest BCUT2D eigenvalue weighted by Gasteiger charge is 2.40. The van der Waals surface area contributed by atoms with E-state index in [-0.39, 0.29) is 31.8 Å². The number of carbonyl (C=O) groups excluding carboxylic acids is 10. The highest BCUT2D eigenvalue weighted by atomic mass is 16.4. The van der Waals surface area contributed by atoms with E-state index in [0.29, 0.717) is 19.3 Å². The normalized spacial score (nSPS) is 19.1. The quantitative estimate of drug-likeness (QED) is 0.0519. The van der Waals surface area contributed by atoms with Crippen molar-refractivity contribution in [1.82, 2.24) is 36.4 Å². The molecule has 0 unspecified atom stereocenters. The highest BCUT2D eigenvalue weighted by Crippen LogP contribution is 2.20. The number of rotatable bonds is 21. The minimum Gasteiger partial charge on any atom is -0.480 e. The summed E-state index contributed by atoms with van der Waals surface area (Å²) in [6, 6.07) is -8.22. The summed E-state index contributed by atoms with van der Waals surface area (Å²) in [7, 11) is 0. The van der Waals surface area contributed by atoms with E-state index >= 15 is 0 Å². The van der Waals surface area contributed by atoms with Crippen LogP contribution in [0.4, 0.5) is 0 Å². The second kappa shape index (κ2) is 21.1. The lowest BCUT2D eigenvalue weighted by Crippen LogP contribution is -2.59. The summed E-state index contributed by atoms with van der Waals surface area (Å²) >= 11 is 0. The van der Waals surface area contributed by atoms with Gasteiger partial charge in [-0.1, -0.05) is 20.3 Å². The van der Waals surface area contributed by atoms with E-state index in [4.69, 9.17) is 22.9 Å². The lowest BCUT2D eigenvalue weighted by Gasteiger charge is -2.30. The van der Waals surface area contributed by atoms with Gasteiger partial charge in [-0.15, -0.1) is 0 Å². The summed E-state index contributed by atoms with van der Waals surface area (Å²) < 4.78 is 0. The van der Waals surface area contributed by atoms with Crippen LogP contribution in [0.15, 0.2) is 0 Å². The number of hydrogen-bond donors (Lipinski definition) is 10. The molecule has 2 rings (SSSR count). The first-order chi connectivity index (χ1) is 25.8. The van der Waals surface area contributed by atoms with Crippen LogP contribution in [0.1, 0.15) is 65.2 Å². The van der Waals surface area contributed by atoms with Gasteiger partial charge in [0, 0.05) is 13.1 Å². The van der Waals surface area contributed by atoms with Gasteiger partial charge in [0.25, 0.3) is 0 Å². The molecule has 0 bridgehead atoms. The van der Waals surface area contributed by atoms with Crippen LogP contribution < -0.4 is 49.5 Å². The number of carboxylic acids is 1. The number of amides is 10. The lowest BCUT2D eigenvalue weighted by molar-refractivity contribution is -0.148. The summed E-state index contributed by atoms with van der Waals surface area (Å²) in [6.45, 7) is 2.42. The smallest absolute Gasteiger partial charge is 0.326 e. The van der Waals surface area contributed by atoms with Crippen molar-refractivity contribution in [2.24, 2.45) is 28.9 Å². The molecule has 55 heavy (non-hydrogen) atoms. The predicted octanol–water partition coefficient (Wildman–Crippen LogP) is -6.26. The molecule has 0 aromatic heterocycles. The zero-order chi connectivity index (χ0) is 41.6. The molecule has 0 aromatic carbocycles. The van der Waals surface area contributed by atoms with Crippen LogP contribution in [-0.2, 0) is 52.7 Å². The zero-order valence-corrected chi connectivity index (χ0v) is 30.7. The molecule has 2 fully saturated rings. The fraction of sp³-hybridized carbons (Fsp3) is 0.656. The van der Waals surface area contributed by atoms with E-state index in [1.165, 1.54) is 0 Å². The molecule has 0 spiro atoms. The highest BCUT2D eigenvalue weighted by molar-refractivity contribution is 5.99. The van der Waals surface area contributed by atoms with Gasteiger partial charge in [-0.25, -0.2) is 4.79 Å². The maximum Gasteiger partial charge on any atom is 0.326 e. The number of nitrogens with two attached hydrogens (primary N) is 4. The minimum atomic E-state index is -1.74. The molecule has 0 radical (unpaired) electrons. The van der Waals surface area contributed by atoms with Crippen LogP contribution in [0.5, 0.6) is 0 Å². The lowest BCUT2D eigenvalue weighted by atomic mass is 9.98. The van der Waals surface area contributed by atoms with Crippen molar-refractivity contribution in [1.29, 1.82) is 0 Å². The molecular weight excluding hydrogens is 730 g/mol. The standard InChI is InChI=1S/C32H51N11O12/c1-3-15(2)26(36)30(52)41-18(12-23(35)46)31(53)43-9-4-6-19(43)29(51)40-17(11-22(34)45)28(50)39-16(10-21(33)44)27(49)38-13-24(47)37-14-25(48)42-8-5-7-20(42)32(54)55/h15-20,26H,3-14,36H2,1-2H3,(H2,33,44)(H2,34,45)(H2,35,46)(H,37,47)(H,38,49)(H,39,50)(H,40,51)(H,41,52)(H,54,55)/t15-,16-,17-,18-,19-,20-,26-/m0/s1. The van der Waals surface area contributed by atoms with Crippen LogP contribution >= 0.6 is 0 Å². The summed E-state index contributed by atoms with van der Waals surface area (Å²) in [6.07, 6.45) is -0.555. The topological polar surface area (TPSA) is 379 Å². The Morgan fingerprint density at radius 1 is 0.673 bits per heavy atom. The number of carboxylic acid groups (broad SMARTS) is 1. The molecular formula is C32H51N11O12. The molecule has 2 aliphatic rings. The third-order valence-electron chi connectivity index (χ3n) is 9.21. The Labute approximate surface area is 315 Å². The number of nitrogens with one attached hydrogen (secondary N) is 5. The molecule has 2 heterocycles. The largest absolute Gasteiger partial charge is 0.480 e. The van der Waals surface area contributed by atoms with Gasteiger partial charge in [-0.3, -0.25) is 47.9 Å². The molecule has 306 valence electrons. The van der Waals surface area contributed by atoms with Crippen molar-refractivity contribution < 1.29 is 57.8 Å². The Morgan fingerprint density at radius 2 is 1.18 bits per heavy atom. The van der Waals surface area contributed by atoms with E-state index in [1.54, 1.807) is 6.92 Å². The van der Waals surface area contributed by atoms with Gasteiger partial charge in [0.15, 0.2) is 0 Å². The second-order valence-corrected chi connectivity index (χ2v) is 13.4. The van der Waals surface area contributed by atoms with Crippen molar-refractivity contribution >= 4 is 65.0 Å². The maximum absolute atomic E-state index is 13.6. The zero-order valence-electron chi connectivity index (χ0n) is 30.7. The molecule has 23 nitrogen and oxygen atoms in total. The van der Waals surface area contributed by atoms with Crippen LogP contribution in [0, 0.1) is 5.92 Å². The van der Waals surface area contributed by atoms with Crippen molar-refractivity contribution in [2.45, 2.75) is 101 Å². The van der Waals surface area contributed by atoms with E-state index in [9.17, 15) is 57.8 Å². The Morgan fingerprint density at radius 3 is 1.73 bits per heavy atom. The van der Waals surface area contributed by atoms with Crippen molar-refractivity contribution in [3.05, 3.63) is 0 Å². The summed E-state index contributed by atoms with van der Waals surface area (Å²) in [5, 5.41) is 20.6. The summed E-state index contributed by atoms with van der Waals surface area (Å²) in [4.78, 5) is 140. The van der Waals surface area contributed by atoms with Gasteiger partial charge in [-0.2, -0.15) is 0 Å². The predicted molar refractivity (Wildman–Crippen MR) is 188 cm³/mol. The SMILES string of the molecule is CC[C@H](C)[C@H](N)C(=O)N[C@@H](CC(N)=O)C(=O)N1CCC[C@H]1C(=O)N[C@@H](CC(N)=O)C(=O)N[C@@H](CC(N)=O)C(=O)NCC(=O)NCC(=O)N1CCC[C@H]1C(=O)O. The number of carbonyl (C=O) groups is 11. The van der Waals surface area contributed by atoms with E-state index in [0.717, 1.165) is 9.80 Å². The summed E-state index contributed by atoms with van der Waals surface area (Å²) in [5.74, 6) is -10.8. The average Bonchev–Trinajstić information content (AvgIpc) is 3.81. The Hall–Kier alpha value is -5.87. The van der Waals surface area contributed by atoms with Crippen LogP contribution in [-0.4, -0.2) is 142 Å². The van der Waals surface area contributed by atoms with Gasteiger partial charge < -0.3 is 64.4 Å². The first-order valence-electron chi connectivity index (χ1n) is 17.7. The Balaban J connectivity index is 2.11. The number of nitrogens with zero attached hydrogens (tertiary/aromatic N) is 2. The van der Waals surface area contributed by atoms with Crippen LogP contribution in [0.3, 0.4) is 0 Å². The van der Waals surface area contributed by atoms with E-state index in [2.05, 4.69) is 26.6 Å². The molecule has 2 saturated heterocycles. The second-order valence-electron chi connectivity index (χ2n) is 13.4. The minimum absolute atomic E-state index is 0.00978. The number of hydrogen-bond acceptors (Lipinski definition) is 12. The number of likely N-dealkylation sites (tertiary alicyclic amines) is 2. The fourth-order valence-electron chi connectivity index (χ4n) is 6.00. The molecule has 0 aliphatic carbocycles. The number of aliphatic carboxylic acids is 1. The fourth-order valence-corrected chi connectivity index (χ4v) is 6.00. The monoisotopic (exact) mass is 781 g/mol. The summed E-state index contributed by atoms with van der Waals surface area (Å²) in [5.41, 5.74) is 21.9. The third-order valence-corrected chi connectivity index (χ3v) is 9.21. The van der Waals surface area contributed by atoms with E-state index in [1.807, 2.05) is 6.92 Å². The first-order valence-corrected chi connectivity index (χ1v) is 17.7. The third kappa shape index (κ3) is 13.8. The van der Waals surface area contributed by atoms with E-state index < -0.39 is 134 Å². The van der Waals surface area contributed by atoms with Crippen molar-refractivity contribution in [2.75, 3.05) is 26.2 Å². The van der Waals surface area contributed by atoms with Crippen molar-refractivity contribution in [3.8, 4) is 0 Å². The van der Waals surface area contributed by atoms with Crippen LogP contribution in [0.25, 0.3) is 0 Å². The van der Waals surface area contributed by atoms with Gasteiger partial charge in [0.2, 0.25) is 59.1 Å². The maximum atomic E-state index is 13.6. The molecule has 23 heteroatoms. The molecule has 10 amide bonds. The van der Waals surface area contributed by atoms with Gasteiger partial charge in [0.1, 0.15) is 30.2 Å². The van der Waals surface area contributed by atoms with Gasteiger partial charge in [-0.05, 0) is 31.6 Å².